The van der Waals surface area contributed by atoms with E-state index in [2.05, 4.69) is 111 Å². The summed E-state index contributed by atoms with van der Waals surface area (Å²) in [5.41, 5.74) is 0. The average molecular weight is 991 g/mol. The number of phosphoric acid groups is 1. The van der Waals surface area contributed by atoms with Gasteiger partial charge in [-0.05, 0) is 89.9 Å². The second-order valence-electron chi connectivity index (χ2n) is 17.6. The minimum absolute atomic E-state index is 0.0798. The Morgan fingerprint density at radius 2 is 0.783 bits per heavy atom. The van der Waals surface area contributed by atoms with Gasteiger partial charge in [0.1, 0.15) is 43.2 Å². The predicted octanol–water partition coefficient (Wildman–Crippen LogP) is 11.4. The Hall–Kier alpha value is -3.23. The van der Waals surface area contributed by atoms with E-state index < -0.39 is 75.7 Å². The number of aliphatic hydroxyl groups excluding tert-OH is 5. The number of phosphoric ester groups is 1. The lowest BCUT2D eigenvalue weighted by Gasteiger charge is -2.41. The van der Waals surface area contributed by atoms with Gasteiger partial charge in [0.05, 0.1) is 6.61 Å². The first-order valence-corrected chi connectivity index (χ1v) is 27.5. The summed E-state index contributed by atoms with van der Waals surface area (Å²) in [6.45, 7) is 3.06. The maximum Gasteiger partial charge on any atom is 0.472 e. The Labute approximate surface area is 415 Å². The normalized spacial score (nSPS) is 21.7. The maximum atomic E-state index is 12.9. The summed E-state index contributed by atoms with van der Waals surface area (Å²) in [7, 11) is -5.14. The smallest absolute Gasteiger partial charge is 0.462 e. The molecule has 0 amide bonds. The lowest BCUT2D eigenvalue weighted by Crippen LogP contribution is -2.64. The Morgan fingerprint density at radius 1 is 0.449 bits per heavy atom. The van der Waals surface area contributed by atoms with E-state index in [4.69, 9.17) is 18.5 Å². The lowest BCUT2D eigenvalue weighted by molar-refractivity contribution is -0.220. The SMILES string of the molecule is CC/C=C\C/C=C\C/C=C\C/C=C\CCCCCCCCCCCCC(=O)OC(COC(=O)CCCCCC/C=C\C/C=C\C/C=C\C/C=C\CC)COP(=O)(O)OC1C(O)C(O)C(O)C(O)C1O. The zero-order valence-corrected chi connectivity index (χ0v) is 43.0. The Balaban J connectivity index is 2.41. The van der Waals surface area contributed by atoms with Crippen molar-refractivity contribution in [2.24, 2.45) is 0 Å². The second kappa shape index (κ2) is 43.5. The minimum Gasteiger partial charge on any atom is -0.462 e. The molecule has 0 bridgehead atoms. The summed E-state index contributed by atoms with van der Waals surface area (Å²) >= 11 is 0. The summed E-state index contributed by atoms with van der Waals surface area (Å²) in [6.07, 6.45) is 45.9. The van der Waals surface area contributed by atoms with Gasteiger partial charge in [-0.3, -0.25) is 18.6 Å². The molecule has 6 unspecified atom stereocenters. The zero-order valence-electron chi connectivity index (χ0n) is 42.1. The highest BCUT2D eigenvalue weighted by Gasteiger charge is 2.51. The summed E-state index contributed by atoms with van der Waals surface area (Å²) in [5.74, 6) is -1.14. The van der Waals surface area contributed by atoms with Gasteiger partial charge in [0.15, 0.2) is 6.10 Å². The number of rotatable bonds is 42. The number of unbranched alkanes of at least 4 members (excludes halogenated alkanes) is 14. The number of aliphatic hydroxyl groups is 5. The lowest BCUT2D eigenvalue weighted by atomic mass is 9.85. The summed E-state index contributed by atoms with van der Waals surface area (Å²) in [4.78, 5) is 35.9. The number of ether oxygens (including phenoxy) is 2. The van der Waals surface area contributed by atoms with E-state index >= 15 is 0 Å². The van der Waals surface area contributed by atoms with E-state index in [-0.39, 0.29) is 12.8 Å². The molecule has 0 aromatic carbocycles. The standard InChI is InChI=1S/C55H91O13P/c1-3-5-7-9-11-13-15-17-19-21-22-23-24-25-26-28-30-32-34-36-38-40-42-44-49(57)67-47(46-66-69(63,64)68-55-53(61)51(59)50(58)52(60)54(55)62)45-65-48(56)43-41-39-37-35-33-31-29-27-20-18-16-14-12-10-8-6-4-2/h5-8,11-14,17-20,22-23,29,31,47,50-55,58-62H,3-4,9-10,15-16,21,24-28,30,32-46H2,1-2H3,(H,63,64)/b7-5-,8-6-,13-11-,14-12-,19-17-,20-18-,23-22-,31-29-. The van der Waals surface area contributed by atoms with Gasteiger partial charge in [0.25, 0.3) is 0 Å². The van der Waals surface area contributed by atoms with Crippen molar-refractivity contribution in [1.82, 2.24) is 0 Å². The van der Waals surface area contributed by atoms with Crippen LogP contribution in [0.5, 0.6) is 0 Å². The third-order valence-electron chi connectivity index (χ3n) is 11.4. The molecule has 1 saturated carbocycles. The molecule has 6 atom stereocenters. The van der Waals surface area contributed by atoms with E-state index in [0.717, 1.165) is 109 Å². The first kappa shape index (κ1) is 63.8. The van der Waals surface area contributed by atoms with Gasteiger partial charge in [-0.15, -0.1) is 0 Å². The summed E-state index contributed by atoms with van der Waals surface area (Å²) in [5, 5.41) is 50.3. The predicted molar refractivity (Wildman–Crippen MR) is 276 cm³/mol. The molecule has 1 rings (SSSR count). The number of carbonyl (C=O) groups excluding carboxylic acids is 2. The molecule has 0 heterocycles. The molecule has 14 heteroatoms. The Bertz CT molecular complexity index is 1570. The van der Waals surface area contributed by atoms with Crippen LogP contribution in [0, 0.1) is 0 Å². The van der Waals surface area contributed by atoms with Crippen molar-refractivity contribution in [3.05, 3.63) is 97.2 Å². The fraction of sp³-hybridized carbons (Fsp3) is 0.673. The molecule has 1 aliphatic rings. The zero-order chi connectivity index (χ0) is 50.6. The maximum absolute atomic E-state index is 12.9. The van der Waals surface area contributed by atoms with Crippen molar-refractivity contribution in [3.8, 4) is 0 Å². The van der Waals surface area contributed by atoms with Gasteiger partial charge in [0.2, 0.25) is 0 Å². The third kappa shape index (κ3) is 35.5. The molecular formula is C55H91O13P. The quantitative estimate of drug-likeness (QED) is 0.0146. The summed E-state index contributed by atoms with van der Waals surface area (Å²) in [6, 6.07) is 0. The molecule has 0 spiro atoms. The van der Waals surface area contributed by atoms with Crippen LogP contribution in [0.15, 0.2) is 97.2 Å². The summed E-state index contributed by atoms with van der Waals surface area (Å²) < 4.78 is 33.6. The van der Waals surface area contributed by atoms with Gasteiger partial charge in [-0.25, -0.2) is 4.57 Å². The molecule has 1 fully saturated rings. The van der Waals surface area contributed by atoms with Crippen molar-refractivity contribution in [2.75, 3.05) is 13.2 Å². The Morgan fingerprint density at radius 3 is 1.19 bits per heavy atom. The first-order chi connectivity index (χ1) is 33.4. The average Bonchev–Trinajstić information content (AvgIpc) is 3.33. The van der Waals surface area contributed by atoms with E-state index in [1.54, 1.807) is 0 Å². The van der Waals surface area contributed by atoms with Gasteiger partial charge in [0, 0.05) is 12.8 Å². The molecule has 0 aliphatic heterocycles. The Kier molecular flexibility index (Phi) is 40.3. The number of hydrogen-bond acceptors (Lipinski definition) is 12. The molecular weight excluding hydrogens is 900 g/mol. The van der Waals surface area contributed by atoms with Gasteiger partial charge >= 0.3 is 19.8 Å². The van der Waals surface area contributed by atoms with E-state index in [1.807, 2.05) is 0 Å². The molecule has 0 radical (unpaired) electrons. The number of carbonyl (C=O) groups is 2. The van der Waals surface area contributed by atoms with E-state index in [9.17, 15) is 44.6 Å². The molecule has 1 aliphatic carbocycles. The third-order valence-corrected chi connectivity index (χ3v) is 12.4. The number of esters is 2. The molecule has 0 aromatic heterocycles. The molecule has 6 N–H and O–H groups in total. The first-order valence-electron chi connectivity index (χ1n) is 26.0. The molecule has 0 aromatic rings. The van der Waals surface area contributed by atoms with Crippen molar-refractivity contribution in [3.63, 3.8) is 0 Å². The number of hydrogen-bond donors (Lipinski definition) is 6. The minimum atomic E-state index is -5.14. The largest absolute Gasteiger partial charge is 0.472 e. The second-order valence-corrected chi connectivity index (χ2v) is 19.0. The van der Waals surface area contributed by atoms with Crippen LogP contribution in [0.25, 0.3) is 0 Å². The molecule has 69 heavy (non-hydrogen) atoms. The highest BCUT2D eigenvalue weighted by atomic mass is 31.2. The van der Waals surface area contributed by atoms with Crippen LogP contribution in [0.3, 0.4) is 0 Å². The van der Waals surface area contributed by atoms with Crippen LogP contribution in [-0.2, 0) is 32.7 Å². The topological polar surface area (TPSA) is 210 Å². The van der Waals surface area contributed by atoms with Gasteiger partial charge < -0.3 is 39.9 Å². The fourth-order valence-electron chi connectivity index (χ4n) is 7.33. The van der Waals surface area contributed by atoms with Gasteiger partial charge in [-0.2, -0.15) is 0 Å². The number of allylic oxidation sites excluding steroid dienone is 16. The van der Waals surface area contributed by atoms with Crippen LogP contribution in [0.2, 0.25) is 0 Å². The van der Waals surface area contributed by atoms with Crippen LogP contribution in [0.1, 0.15) is 181 Å². The monoisotopic (exact) mass is 991 g/mol. The molecule has 0 saturated heterocycles. The van der Waals surface area contributed by atoms with E-state index in [1.165, 1.54) is 32.1 Å². The highest BCUT2D eigenvalue weighted by Crippen LogP contribution is 2.47. The molecule has 13 nitrogen and oxygen atoms in total. The fourth-order valence-corrected chi connectivity index (χ4v) is 8.30. The van der Waals surface area contributed by atoms with Crippen LogP contribution < -0.4 is 0 Å². The van der Waals surface area contributed by atoms with Crippen LogP contribution in [0.4, 0.5) is 0 Å². The van der Waals surface area contributed by atoms with Crippen LogP contribution in [-0.4, -0.2) is 98.3 Å². The molecule has 394 valence electrons. The highest BCUT2D eigenvalue weighted by molar-refractivity contribution is 7.47. The van der Waals surface area contributed by atoms with Crippen molar-refractivity contribution in [1.29, 1.82) is 0 Å². The van der Waals surface area contributed by atoms with Gasteiger partial charge in [-0.1, -0.05) is 175 Å². The van der Waals surface area contributed by atoms with Crippen molar-refractivity contribution < 1.29 is 63.1 Å². The van der Waals surface area contributed by atoms with Crippen LogP contribution >= 0.6 is 7.82 Å². The van der Waals surface area contributed by atoms with Crippen molar-refractivity contribution in [2.45, 2.75) is 224 Å². The van der Waals surface area contributed by atoms with Crippen molar-refractivity contribution >= 4 is 19.8 Å². The van der Waals surface area contributed by atoms with E-state index in [0.29, 0.717) is 12.8 Å².